The Morgan fingerprint density at radius 3 is 2.80 bits per heavy atom. The van der Waals surface area contributed by atoms with Crippen LogP contribution in [0.2, 0.25) is 0 Å². The smallest absolute Gasteiger partial charge is 0.279 e. The number of rotatable bonds is 6. The number of thioether (sulfide) groups is 1. The molecule has 158 valence electrons. The van der Waals surface area contributed by atoms with Gasteiger partial charge in [0.2, 0.25) is 5.91 Å². The highest BCUT2D eigenvalue weighted by atomic mass is 32.2. The monoisotopic (exact) mass is 431 g/mol. The first-order valence-corrected chi connectivity index (χ1v) is 10.2. The average molecular weight is 431 g/mol. The van der Waals surface area contributed by atoms with Gasteiger partial charge in [-0.25, -0.2) is 4.99 Å². The Morgan fingerprint density at radius 1 is 1.40 bits per heavy atom. The number of nitrogens with zero attached hydrogens (tertiary/aromatic N) is 2. The second-order valence-electron chi connectivity index (χ2n) is 6.44. The van der Waals surface area contributed by atoms with E-state index in [1.54, 1.807) is 12.1 Å². The number of carbonyl (C=O) groups excluding carboxylic acids is 3. The van der Waals surface area contributed by atoms with Gasteiger partial charge in [0, 0.05) is 18.7 Å². The molecule has 1 aromatic carbocycles. The standard InChI is InChI=1S/C19H21N5O5S/c1-28-12-6-4-11(5-7-12)17(26)22-15-16(20)23-19(24-18(15)27)30-10-14(25)21-9-13-3-2-8-29-13/h4-7,13H,2-3,8-10H2,1H3,(H,21,25)(H2,20,23,24,27). The van der Waals surface area contributed by atoms with Crippen LogP contribution in [0.3, 0.4) is 0 Å². The first-order chi connectivity index (χ1) is 14.5. The molecule has 30 heavy (non-hydrogen) atoms. The molecule has 11 heteroatoms. The molecule has 2 aliphatic heterocycles. The molecule has 1 fully saturated rings. The van der Waals surface area contributed by atoms with Gasteiger partial charge in [0.15, 0.2) is 16.7 Å². The molecule has 0 radical (unpaired) electrons. The summed E-state index contributed by atoms with van der Waals surface area (Å²) in [7, 11) is 1.51. The summed E-state index contributed by atoms with van der Waals surface area (Å²) in [5.41, 5.74) is -0.140. The molecule has 1 saturated heterocycles. The summed E-state index contributed by atoms with van der Waals surface area (Å²) in [4.78, 5) is 44.1. The molecule has 3 rings (SSSR count). The summed E-state index contributed by atoms with van der Waals surface area (Å²) in [5.74, 6) is -1.47. The minimum atomic E-state index is -0.723. The van der Waals surface area contributed by atoms with E-state index in [9.17, 15) is 14.4 Å². The van der Waals surface area contributed by atoms with Gasteiger partial charge in [0.05, 0.1) is 19.0 Å². The van der Waals surface area contributed by atoms with Crippen molar-refractivity contribution in [1.82, 2.24) is 10.6 Å². The quantitative estimate of drug-likeness (QED) is 0.607. The third-order valence-corrected chi connectivity index (χ3v) is 5.19. The molecule has 0 saturated carbocycles. The average Bonchev–Trinajstić information content (AvgIpc) is 3.27. The lowest BCUT2D eigenvalue weighted by Crippen LogP contribution is -2.44. The molecular weight excluding hydrogens is 410 g/mol. The van der Waals surface area contributed by atoms with Crippen molar-refractivity contribution >= 4 is 46.2 Å². The van der Waals surface area contributed by atoms with E-state index in [1.165, 1.54) is 19.2 Å². The second-order valence-corrected chi connectivity index (χ2v) is 7.41. The largest absolute Gasteiger partial charge is 0.497 e. The van der Waals surface area contributed by atoms with Crippen molar-refractivity contribution in [3.05, 3.63) is 29.8 Å². The van der Waals surface area contributed by atoms with Crippen LogP contribution in [-0.2, 0) is 14.3 Å². The lowest BCUT2D eigenvalue weighted by Gasteiger charge is -2.15. The summed E-state index contributed by atoms with van der Waals surface area (Å²) in [6, 6.07) is 6.21. The topological polar surface area (TPSA) is 142 Å². The molecule has 0 spiro atoms. The summed E-state index contributed by atoms with van der Waals surface area (Å²) in [6.07, 6.45) is 1.95. The number of methoxy groups -OCH3 is 1. The predicted molar refractivity (Wildman–Crippen MR) is 113 cm³/mol. The number of hydrogen-bond acceptors (Lipinski definition) is 7. The van der Waals surface area contributed by atoms with Gasteiger partial charge >= 0.3 is 0 Å². The van der Waals surface area contributed by atoms with Crippen molar-refractivity contribution in [2.24, 2.45) is 9.98 Å². The third kappa shape index (κ3) is 5.74. The van der Waals surface area contributed by atoms with Gasteiger partial charge in [-0.2, -0.15) is 4.99 Å². The minimum absolute atomic E-state index is 0.0242. The van der Waals surface area contributed by atoms with Crippen LogP contribution in [0, 0.1) is 5.41 Å². The summed E-state index contributed by atoms with van der Waals surface area (Å²) in [5, 5.41) is 13.2. The van der Waals surface area contributed by atoms with Gasteiger partial charge in [-0.3, -0.25) is 25.1 Å². The van der Waals surface area contributed by atoms with Crippen molar-refractivity contribution in [2.75, 3.05) is 26.0 Å². The molecule has 3 N–H and O–H groups in total. The lowest BCUT2D eigenvalue weighted by atomic mass is 10.2. The van der Waals surface area contributed by atoms with Crippen molar-refractivity contribution in [3.63, 3.8) is 0 Å². The fourth-order valence-corrected chi connectivity index (χ4v) is 3.43. The molecule has 1 unspecified atom stereocenters. The van der Waals surface area contributed by atoms with Gasteiger partial charge in [0.25, 0.3) is 11.8 Å². The number of amides is 3. The van der Waals surface area contributed by atoms with E-state index in [2.05, 4.69) is 20.6 Å². The van der Waals surface area contributed by atoms with Gasteiger partial charge in [-0.15, -0.1) is 0 Å². The number of benzene rings is 1. The zero-order valence-electron chi connectivity index (χ0n) is 16.3. The fraction of sp³-hybridized carbons (Fsp3) is 0.368. The number of ether oxygens (including phenoxy) is 2. The fourth-order valence-electron chi connectivity index (χ4n) is 2.74. The molecule has 2 aliphatic rings. The Bertz CT molecular complexity index is 906. The SMILES string of the molecule is COc1ccc(C(=O)N=C2C(=N)N=C(SCC(=O)NCC3CCCO3)NC2=O)cc1. The maximum Gasteiger partial charge on any atom is 0.279 e. The molecule has 0 aliphatic carbocycles. The van der Waals surface area contributed by atoms with E-state index in [0.29, 0.717) is 18.9 Å². The van der Waals surface area contributed by atoms with Gasteiger partial charge in [-0.1, -0.05) is 11.8 Å². The molecule has 0 aromatic heterocycles. The van der Waals surface area contributed by atoms with Crippen LogP contribution >= 0.6 is 11.8 Å². The van der Waals surface area contributed by atoms with E-state index in [0.717, 1.165) is 24.6 Å². The molecule has 0 bridgehead atoms. The number of hydrogen-bond donors (Lipinski definition) is 3. The number of nitrogens with one attached hydrogen (secondary N) is 3. The highest BCUT2D eigenvalue weighted by molar-refractivity contribution is 8.14. The van der Waals surface area contributed by atoms with Gasteiger partial charge in [0.1, 0.15) is 5.75 Å². The number of amidine groups is 2. The van der Waals surface area contributed by atoms with Crippen LogP contribution in [0.5, 0.6) is 5.75 Å². The van der Waals surface area contributed by atoms with E-state index >= 15 is 0 Å². The maximum absolute atomic E-state index is 12.3. The molecule has 1 atom stereocenters. The molecule has 2 heterocycles. The first-order valence-electron chi connectivity index (χ1n) is 9.23. The Kier molecular flexibility index (Phi) is 7.31. The second kappa shape index (κ2) is 10.1. The normalized spacial score (nSPS) is 20.0. The molecule has 10 nitrogen and oxygen atoms in total. The van der Waals surface area contributed by atoms with Crippen molar-refractivity contribution in [3.8, 4) is 5.75 Å². The number of carbonyl (C=O) groups is 3. The Balaban J connectivity index is 1.55. The first kappa shape index (κ1) is 21.7. The molecule has 3 amide bonds. The Morgan fingerprint density at radius 2 is 2.17 bits per heavy atom. The van der Waals surface area contributed by atoms with Crippen LogP contribution < -0.4 is 15.4 Å². The highest BCUT2D eigenvalue weighted by Crippen LogP contribution is 2.13. The van der Waals surface area contributed by atoms with E-state index in [4.69, 9.17) is 14.9 Å². The van der Waals surface area contributed by atoms with Gasteiger partial charge < -0.3 is 14.8 Å². The molecule has 1 aromatic rings. The predicted octanol–water partition coefficient (Wildman–Crippen LogP) is 0.768. The van der Waals surface area contributed by atoms with Gasteiger partial charge in [-0.05, 0) is 37.1 Å². The van der Waals surface area contributed by atoms with E-state index in [1.807, 2.05) is 0 Å². The summed E-state index contributed by atoms with van der Waals surface area (Å²) in [6.45, 7) is 1.16. The third-order valence-electron chi connectivity index (χ3n) is 4.31. The highest BCUT2D eigenvalue weighted by Gasteiger charge is 2.26. The van der Waals surface area contributed by atoms with Crippen molar-refractivity contribution in [1.29, 1.82) is 5.41 Å². The molecular formula is C19H21N5O5S. The van der Waals surface area contributed by atoms with Crippen LogP contribution in [-0.4, -0.2) is 66.6 Å². The van der Waals surface area contributed by atoms with E-state index in [-0.39, 0.29) is 34.2 Å². The van der Waals surface area contributed by atoms with E-state index < -0.39 is 17.6 Å². The Labute approximate surface area is 177 Å². The van der Waals surface area contributed by atoms with Crippen molar-refractivity contribution < 1.29 is 23.9 Å². The zero-order valence-corrected chi connectivity index (χ0v) is 17.1. The minimum Gasteiger partial charge on any atom is -0.497 e. The summed E-state index contributed by atoms with van der Waals surface area (Å²) >= 11 is 0.987. The Hall–Kier alpha value is -3.05. The van der Waals surface area contributed by atoms with Crippen LogP contribution in [0.15, 0.2) is 34.3 Å². The number of aliphatic imine (C=N–C) groups is 2. The summed E-state index contributed by atoms with van der Waals surface area (Å²) < 4.78 is 10.5. The lowest BCUT2D eigenvalue weighted by molar-refractivity contribution is -0.119. The van der Waals surface area contributed by atoms with Crippen LogP contribution in [0.1, 0.15) is 23.2 Å². The van der Waals surface area contributed by atoms with Crippen molar-refractivity contribution in [2.45, 2.75) is 18.9 Å². The zero-order chi connectivity index (χ0) is 21.5. The van der Waals surface area contributed by atoms with Crippen LogP contribution in [0.4, 0.5) is 0 Å². The maximum atomic E-state index is 12.3. The van der Waals surface area contributed by atoms with Crippen LogP contribution in [0.25, 0.3) is 0 Å².